The van der Waals surface area contributed by atoms with Crippen molar-refractivity contribution in [2.75, 3.05) is 20.1 Å². The molecular weight excluding hydrogens is 180 g/mol. The van der Waals surface area contributed by atoms with Gasteiger partial charge in [0, 0.05) is 20.1 Å². The van der Waals surface area contributed by atoms with Gasteiger partial charge in [0.2, 0.25) is 0 Å². The first-order valence-electron chi connectivity index (χ1n) is 5.14. The first-order chi connectivity index (χ1) is 6.15. The van der Waals surface area contributed by atoms with Crippen molar-refractivity contribution in [3.63, 3.8) is 0 Å². The van der Waals surface area contributed by atoms with Gasteiger partial charge in [-0.1, -0.05) is 13.8 Å². The standard InChI is InChI=1S/C10H20N2S/c1-4-5-11-10(13)12(3)7-9-6-8(9)2/h8-9H,4-7H2,1-3H3,(H,11,13). The van der Waals surface area contributed by atoms with Crippen LogP contribution >= 0.6 is 12.2 Å². The second-order valence-corrected chi connectivity index (χ2v) is 4.47. The summed E-state index contributed by atoms with van der Waals surface area (Å²) in [5.74, 6) is 1.79. The molecule has 0 aromatic carbocycles. The lowest BCUT2D eigenvalue weighted by Gasteiger charge is -2.20. The van der Waals surface area contributed by atoms with E-state index >= 15 is 0 Å². The molecule has 2 unspecified atom stereocenters. The van der Waals surface area contributed by atoms with Crippen molar-refractivity contribution in [1.29, 1.82) is 0 Å². The van der Waals surface area contributed by atoms with Gasteiger partial charge in [0.15, 0.2) is 5.11 Å². The molecule has 3 heteroatoms. The molecule has 0 aromatic heterocycles. The molecule has 76 valence electrons. The van der Waals surface area contributed by atoms with Gasteiger partial charge in [0.05, 0.1) is 0 Å². The molecule has 0 heterocycles. The molecule has 0 spiro atoms. The van der Waals surface area contributed by atoms with Gasteiger partial charge in [-0.2, -0.15) is 0 Å². The molecule has 1 rings (SSSR count). The van der Waals surface area contributed by atoms with Crippen LogP contribution < -0.4 is 5.32 Å². The lowest BCUT2D eigenvalue weighted by atomic mass is 10.3. The highest BCUT2D eigenvalue weighted by Crippen LogP contribution is 2.37. The van der Waals surface area contributed by atoms with Crippen LogP contribution in [0, 0.1) is 11.8 Å². The maximum Gasteiger partial charge on any atom is 0.168 e. The fourth-order valence-corrected chi connectivity index (χ4v) is 1.63. The quantitative estimate of drug-likeness (QED) is 0.697. The molecule has 2 nitrogen and oxygen atoms in total. The average Bonchev–Trinajstić information content (AvgIpc) is 2.77. The summed E-state index contributed by atoms with van der Waals surface area (Å²) in [5.41, 5.74) is 0. The fourth-order valence-electron chi connectivity index (χ4n) is 1.46. The third-order valence-electron chi connectivity index (χ3n) is 2.66. The Bertz CT molecular complexity index is 182. The minimum Gasteiger partial charge on any atom is -0.363 e. The number of nitrogens with one attached hydrogen (secondary N) is 1. The van der Waals surface area contributed by atoms with Crippen molar-refractivity contribution in [3.8, 4) is 0 Å². The second-order valence-electron chi connectivity index (χ2n) is 4.09. The zero-order chi connectivity index (χ0) is 9.84. The van der Waals surface area contributed by atoms with Crippen LogP contribution in [0.2, 0.25) is 0 Å². The molecular formula is C10H20N2S. The summed E-state index contributed by atoms with van der Waals surface area (Å²) >= 11 is 5.24. The van der Waals surface area contributed by atoms with Crippen LogP contribution in [0.3, 0.4) is 0 Å². The van der Waals surface area contributed by atoms with E-state index in [1.165, 1.54) is 6.42 Å². The van der Waals surface area contributed by atoms with Crippen LogP contribution in [0.15, 0.2) is 0 Å². The predicted octanol–water partition coefficient (Wildman–Crippen LogP) is 1.86. The molecule has 0 aromatic rings. The molecule has 1 N–H and O–H groups in total. The monoisotopic (exact) mass is 200 g/mol. The maximum atomic E-state index is 5.24. The van der Waals surface area contributed by atoms with Gasteiger partial charge in [-0.05, 0) is 36.9 Å². The molecule has 0 aliphatic heterocycles. The van der Waals surface area contributed by atoms with Crippen molar-refractivity contribution in [2.45, 2.75) is 26.7 Å². The number of rotatable bonds is 4. The Labute approximate surface area is 86.7 Å². The predicted molar refractivity (Wildman–Crippen MR) is 60.8 cm³/mol. The summed E-state index contributed by atoms with van der Waals surface area (Å²) in [6.45, 7) is 6.57. The van der Waals surface area contributed by atoms with Gasteiger partial charge >= 0.3 is 0 Å². The van der Waals surface area contributed by atoms with E-state index in [-0.39, 0.29) is 0 Å². The molecule has 1 aliphatic carbocycles. The molecule has 0 radical (unpaired) electrons. The lowest BCUT2D eigenvalue weighted by Crippen LogP contribution is -2.38. The fraction of sp³-hybridized carbons (Fsp3) is 0.900. The van der Waals surface area contributed by atoms with E-state index in [2.05, 4.69) is 31.1 Å². The summed E-state index contributed by atoms with van der Waals surface area (Å²) < 4.78 is 0. The maximum absolute atomic E-state index is 5.24. The minimum atomic E-state index is 0.881. The lowest BCUT2D eigenvalue weighted by molar-refractivity contribution is 0.454. The van der Waals surface area contributed by atoms with Crippen LogP contribution in [0.5, 0.6) is 0 Å². The Morgan fingerprint density at radius 3 is 2.69 bits per heavy atom. The van der Waals surface area contributed by atoms with Crippen molar-refractivity contribution in [2.24, 2.45) is 11.8 Å². The van der Waals surface area contributed by atoms with Crippen LogP contribution in [0.1, 0.15) is 26.7 Å². The van der Waals surface area contributed by atoms with Gasteiger partial charge in [0.1, 0.15) is 0 Å². The molecule has 13 heavy (non-hydrogen) atoms. The summed E-state index contributed by atoms with van der Waals surface area (Å²) in [6, 6.07) is 0. The average molecular weight is 200 g/mol. The summed E-state index contributed by atoms with van der Waals surface area (Å²) in [7, 11) is 2.08. The van der Waals surface area contributed by atoms with Gasteiger partial charge in [-0.15, -0.1) is 0 Å². The molecule has 0 amide bonds. The van der Waals surface area contributed by atoms with Crippen molar-refractivity contribution < 1.29 is 0 Å². The number of nitrogens with zero attached hydrogens (tertiary/aromatic N) is 1. The highest BCUT2D eigenvalue weighted by atomic mass is 32.1. The van der Waals surface area contributed by atoms with E-state index in [0.717, 1.165) is 36.5 Å². The first kappa shape index (κ1) is 10.8. The zero-order valence-corrected chi connectivity index (χ0v) is 9.66. The van der Waals surface area contributed by atoms with E-state index in [9.17, 15) is 0 Å². The van der Waals surface area contributed by atoms with Crippen molar-refractivity contribution >= 4 is 17.3 Å². The van der Waals surface area contributed by atoms with Crippen molar-refractivity contribution in [1.82, 2.24) is 10.2 Å². The summed E-state index contributed by atoms with van der Waals surface area (Å²) in [5, 5.41) is 4.14. The zero-order valence-electron chi connectivity index (χ0n) is 8.84. The normalized spacial score (nSPS) is 25.5. The Morgan fingerprint density at radius 1 is 1.62 bits per heavy atom. The van der Waals surface area contributed by atoms with E-state index < -0.39 is 0 Å². The summed E-state index contributed by atoms with van der Waals surface area (Å²) in [6.07, 6.45) is 2.51. The molecule has 1 fully saturated rings. The Kier molecular flexibility index (Phi) is 3.97. The smallest absolute Gasteiger partial charge is 0.168 e. The van der Waals surface area contributed by atoms with Crippen LogP contribution in [-0.2, 0) is 0 Å². The highest BCUT2D eigenvalue weighted by Gasteiger charge is 2.33. The number of hydrogen-bond donors (Lipinski definition) is 1. The van der Waals surface area contributed by atoms with Crippen LogP contribution in [-0.4, -0.2) is 30.1 Å². The van der Waals surface area contributed by atoms with E-state index in [4.69, 9.17) is 12.2 Å². The highest BCUT2D eigenvalue weighted by molar-refractivity contribution is 7.80. The minimum absolute atomic E-state index is 0.881. The molecule has 0 saturated heterocycles. The third kappa shape index (κ3) is 3.51. The van der Waals surface area contributed by atoms with Crippen molar-refractivity contribution in [3.05, 3.63) is 0 Å². The number of thiocarbonyl (C=S) groups is 1. The van der Waals surface area contributed by atoms with Gasteiger partial charge < -0.3 is 10.2 Å². The van der Waals surface area contributed by atoms with E-state index in [1.807, 2.05) is 0 Å². The van der Waals surface area contributed by atoms with E-state index in [1.54, 1.807) is 0 Å². The number of hydrogen-bond acceptors (Lipinski definition) is 1. The Morgan fingerprint density at radius 2 is 2.23 bits per heavy atom. The topological polar surface area (TPSA) is 15.3 Å². The SMILES string of the molecule is CCCNC(=S)N(C)CC1CC1C. The van der Waals surface area contributed by atoms with Gasteiger partial charge in [-0.3, -0.25) is 0 Å². The first-order valence-corrected chi connectivity index (χ1v) is 5.55. The third-order valence-corrected chi connectivity index (χ3v) is 3.11. The molecule has 2 atom stereocenters. The Hall–Kier alpha value is -0.310. The van der Waals surface area contributed by atoms with Gasteiger partial charge in [-0.25, -0.2) is 0 Å². The second kappa shape index (κ2) is 4.80. The molecule has 1 saturated carbocycles. The Balaban J connectivity index is 2.14. The largest absolute Gasteiger partial charge is 0.363 e. The summed E-state index contributed by atoms with van der Waals surface area (Å²) in [4.78, 5) is 2.17. The van der Waals surface area contributed by atoms with E-state index in [0.29, 0.717) is 0 Å². The van der Waals surface area contributed by atoms with Gasteiger partial charge in [0.25, 0.3) is 0 Å². The molecule has 0 bridgehead atoms. The van der Waals surface area contributed by atoms with Crippen LogP contribution in [0.25, 0.3) is 0 Å². The van der Waals surface area contributed by atoms with Crippen LogP contribution in [0.4, 0.5) is 0 Å². The molecule has 1 aliphatic rings.